The Morgan fingerprint density at radius 3 is 2.81 bits per heavy atom. The molecule has 1 aromatic heterocycles. The molecule has 1 atom stereocenters. The molecule has 1 aromatic carbocycles. The highest BCUT2D eigenvalue weighted by molar-refractivity contribution is 5.79. The van der Waals surface area contributed by atoms with Crippen molar-refractivity contribution >= 4 is 22.8 Å². The second-order valence-electron chi connectivity index (χ2n) is 6.11. The Morgan fingerprint density at radius 1 is 1.27 bits per heavy atom. The van der Waals surface area contributed by atoms with Crippen molar-refractivity contribution in [2.75, 3.05) is 19.7 Å². The van der Waals surface area contributed by atoms with Gasteiger partial charge in [-0.25, -0.2) is 4.79 Å². The Balaban J connectivity index is 1.72. The minimum Gasteiger partial charge on any atom is -0.481 e. The quantitative estimate of drug-likeness (QED) is 0.759. The number of morpholine rings is 1. The third-order valence-electron chi connectivity index (χ3n) is 4.35. The molecule has 0 saturated carbocycles. The number of carboxylic acid groups (broad SMARTS) is 1. The zero-order valence-corrected chi connectivity index (χ0v) is 14.0. The maximum atomic E-state index is 12.5. The van der Waals surface area contributed by atoms with Crippen LogP contribution >= 0.6 is 0 Å². The number of amides is 1. The zero-order valence-electron chi connectivity index (χ0n) is 14.0. The average molecular weight is 361 g/mol. The second-order valence-corrected chi connectivity index (χ2v) is 6.11. The number of nitrogens with one attached hydrogen (secondary N) is 1. The van der Waals surface area contributed by atoms with Gasteiger partial charge in [-0.3, -0.25) is 23.9 Å². The molecule has 1 amide bonds. The van der Waals surface area contributed by atoms with E-state index in [4.69, 9.17) is 9.84 Å². The van der Waals surface area contributed by atoms with Crippen LogP contribution in [0.25, 0.3) is 10.9 Å². The van der Waals surface area contributed by atoms with Crippen molar-refractivity contribution in [1.29, 1.82) is 0 Å². The third kappa shape index (κ3) is 3.83. The molecular weight excluding hydrogens is 342 g/mol. The van der Waals surface area contributed by atoms with Crippen molar-refractivity contribution in [2.45, 2.75) is 25.5 Å². The van der Waals surface area contributed by atoms with Gasteiger partial charge in [0.1, 0.15) is 0 Å². The van der Waals surface area contributed by atoms with Gasteiger partial charge in [0, 0.05) is 26.1 Å². The molecule has 138 valence electrons. The highest BCUT2D eigenvalue weighted by atomic mass is 16.5. The number of carbonyl (C=O) groups excluding carboxylic acids is 1. The van der Waals surface area contributed by atoms with Gasteiger partial charge >= 0.3 is 11.7 Å². The Hall–Kier alpha value is -2.94. The van der Waals surface area contributed by atoms with E-state index in [-0.39, 0.29) is 38.4 Å². The van der Waals surface area contributed by atoms with Crippen molar-refractivity contribution in [2.24, 2.45) is 0 Å². The van der Waals surface area contributed by atoms with Crippen molar-refractivity contribution < 1.29 is 19.4 Å². The minimum absolute atomic E-state index is 0.0652. The maximum Gasteiger partial charge on any atom is 0.328 e. The van der Waals surface area contributed by atoms with Gasteiger partial charge in [-0.1, -0.05) is 12.1 Å². The summed E-state index contributed by atoms with van der Waals surface area (Å²) in [5, 5.41) is 9.23. The van der Waals surface area contributed by atoms with Crippen LogP contribution in [0.1, 0.15) is 12.8 Å². The summed E-state index contributed by atoms with van der Waals surface area (Å²) in [5.41, 5.74) is -0.551. The molecule has 0 aliphatic carbocycles. The van der Waals surface area contributed by atoms with Crippen LogP contribution < -0.4 is 11.2 Å². The van der Waals surface area contributed by atoms with Gasteiger partial charge in [0.25, 0.3) is 5.56 Å². The molecule has 0 bridgehead atoms. The molecular formula is C17H19N3O6. The number of benzene rings is 1. The first-order valence-corrected chi connectivity index (χ1v) is 8.28. The summed E-state index contributed by atoms with van der Waals surface area (Å²) in [6.07, 6.45) is -0.620. The first-order valence-electron chi connectivity index (χ1n) is 8.28. The number of ether oxygens (including phenoxy) is 1. The Kier molecular flexibility index (Phi) is 5.17. The van der Waals surface area contributed by atoms with E-state index in [1.807, 2.05) is 0 Å². The van der Waals surface area contributed by atoms with Crippen LogP contribution in [0, 0.1) is 0 Å². The van der Waals surface area contributed by atoms with Gasteiger partial charge in [-0.2, -0.15) is 0 Å². The fourth-order valence-corrected chi connectivity index (χ4v) is 3.09. The molecule has 1 saturated heterocycles. The number of carboxylic acids is 1. The Morgan fingerprint density at radius 2 is 2.04 bits per heavy atom. The van der Waals surface area contributed by atoms with E-state index in [9.17, 15) is 19.2 Å². The van der Waals surface area contributed by atoms with Crippen LogP contribution in [-0.2, 0) is 20.9 Å². The van der Waals surface area contributed by atoms with E-state index in [1.54, 1.807) is 29.2 Å². The highest BCUT2D eigenvalue weighted by Gasteiger charge is 2.25. The fourth-order valence-electron chi connectivity index (χ4n) is 3.09. The number of carbonyl (C=O) groups is 2. The van der Waals surface area contributed by atoms with Crippen molar-refractivity contribution in [1.82, 2.24) is 14.5 Å². The van der Waals surface area contributed by atoms with Gasteiger partial charge in [-0.15, -0.1) is 0 Å². The van der Waals surface area contributed by atoms with Gasteiger partial charge < -0.3 is 14.7 Å². The molecule has 1 fully saturated rings. The number of aromatic amines is 1. The smallest absolute Gasteiger partial charge is 0.328 e. The number of aromatic nitrogens is 2. The molecule has 1 aliphatic heterocycles. The molecule has 2 aromatic rings. The number of para-hydroxylation sites is 1. The lowest BCUT2D eigenvalue weighted by Crippen LogP contribution is -2.46. The molecule has 9 nitrogen and oxygen atoms in total. The lowest BCUT2D eigenvalue weighted by molar-refractivity contribution is -0.147. The summed E-state index contributed by atoms with van der Waals surface area (Å²) >= 11 is 0. The lowest BCUT2D eigenvalue weighted by atomic mass is 10.2. The molecule has 1 aliphatic rings. The lowest BCUT2D eigenvalue weighted by Gasteiger charge is -2.32. The summed E-state index contributed by atoms with van der Waals surface area (Å²) in [5.74, 6) is -1.17. The summed E-state index contributed by atoms with van der Waals surface area (Å²) in [7, 11) is 0. The van der Waals surface area contributed by atoms with Gasteiger partial charge in [0.2, 0.25) is 5.91 Å². The maximum absolute atomic E-state index is 12.5. The number of aliphatic carboxylic acids is 1. The molecule has 3 rings (SSSR count). The van der Waals surface area contributed by atoms with Crippen LogP contribution in [-0.4, -0.2) is 57.2 Å². The molecule has 0 radical (unpaired) electrons. The van der Waals surface area contributed by atoms with Gasteiger partial charge in [0.15, 0.2) is 0 Å². The van der Waals surface area contributed by atoms with E-state index >= 15 is 0 Å². The van der Waals surface area contributed by atoms with Crippen LogP contribution in [0.2, 0.25) is 0 Å². The minimum atomic E-state index is -0.976. The molecule has 26 heavy (non-hydrogen) atoms. The fraction of sp³-hybridized carbons (Fsp3) is 0.412. The Bertz CT molecular complexity index is 947. The van der Waals surface area contributed by atoms with E-state index in [0.29, 0.717) is 17.4 Å². The summed E-state index contributed by atoms with van der Waals surface area (Å²) in [6, 6.07) is 6.70. The third-order valence-corrected chi connectivity index (χ3v) is 4.35. The first kappa shape index (κ1) is 17.9. The molecule has 2 N–H and O–H groups in total. The summed E-state index contributed by atoms with van der Waals surface area (Å²) in [6.45, 7) is 1.00. The first-order chi connectivity index (χ1) is 12.5. The molecule has 2 heterocycles. The second kappa shape index (κ2) is 7.52. The highest BCUT2D eigenvalue weighted by Crippen LogP contribution is 2.12. The average Bonchev–Trinajstić information content (AvgIpc) is 2.61. The number of nitrogens with zero attached hydrogens (tertiary/aromatic N) is 2. The number of aryl methyl sites for hydroxylation is 1. The predicted molar refractivity (Wildman–Crippen MR) is 92.0 cm³/mol. The number of hydrogen-bond donors (Lipinski definition) is 2. The van der Waals surface area contributed by atoms with Gasteiger partial charge in [0.05, 0.1) is 30.0 Å². The standard InChI is InChI=1S/C17H19N3O6/c21-14(19-7-8-26-11(10-19)9-15(22)23)5-6-20-13-4-2-1-3-12(13)16(24)18-17(20)25/h1-4,11H,5-10H2,(H,22,23)(H,18,24,25)/t11-/m0/s1. The normalized spacial score (nSPS) is 17.4. The SMILES string of the molecule is O=C(O)C[C@H]1CN(C(=O)CCn2c(=O)[nH]c(=O)c3ccccc32)CCO1. The molecule has 0 unspecified atom stereocenters. The number of fused-ring (bicyclic) bond motifs is 1. The molecule has 0 spiro atoms. The van der Waals surface area contributed by atoms with E-state index < -0.39 is 23.3 Å². The monoisotopic (exact) mass is 361 g/mol. The van der Waals surface area contributed by atoms with E-state index in [0.717, 1.165) is 0 Å². The number of hydrogen-bond acceptors (Lipinski definition) is 5. The topological polar surface area (TPSA) is 122 Å². The largest absolute Gasteiger partial charge is 0.481 e. The predicted octanol–water partition coefficient (Wildman–Crippen LogP) is -0.218. The van der Waals surface area contributed by atoms with Crippen LogP contribution in [0.5, 0.6) is 0 Å². The number of rotatable bonds is 5. The Labute approximate surface area is 147 Å². The van der Waals surface area contributed by atoms with Crippen molar-refractivity contribution in [3.8, 4) is 0 Å². The van der Waals surface area contributed by atoms with Crippen molar-refractivity contribution in [3.05, 3.63) is 45.1 Å². The zero-order chi connectivity index (χ0) is 18.7. The van der Waals surface area contributed by atoms with Crippen LogP contribution in [0.3, 0.4) is 0 Å². The van der Waals surface area contributed by atoms with E-state index in [1.165, 1.54) is 4.57 Å². The van der Waals surface area contributed by atoms with E-state index in [2.05, 4.69) is 4.98 Å². The molecule has 9 heteroatoms. The van der Waals surface area contributed by atoms with Gasteiger partial charge in [-0.05, 0) is 12.1 Å². The van der Waals surface area contributed by atoms with Crippen LogP contribution in [0.15, 0.2) is 33.9 Å². The van der Waals surface area contributed by atoms with Crippen molar-refractivity contribution in [3.63, 3.8) is 0 Å². The number of H-pyrrole nitrogens is 1. The summed E-state index contributed by atoms with van der Waals surface area (Å²) < 4.78 is 6.72. The van der Waals surface area contributed by atoms with Crippen LogP contribution in [0.4, 0.5) is 0 Å². The summed E-state index contributed by atoms with van der Waals surface area (Å²) in [4.78, 5) is 51.0.